The predicted molar refractivity (Wildman–Crippen MR) is 100 cm³/mol. The molecule has 5 heteroatoms. The van der Waals surface area contributed by atoms with E-state index in [1.807, 2.05) is 67.5 Å². The molecule has 0 spiro atoms. The van der Waals surface area contributed by atoms with Crippen LogP contribution in [-0.4, -0.2) is 46.2 Å². The van der Waals surface area contributed by atoms with Gasteiger partial charge in [-0.1, -0.05) is 0 Å². The topological polar surface area (TPSA) is 47.6 Å². The number of anilines is 3. The molecule has 1 fully saturated rings. The Morgan fingerprint density at radius 2 is 1.62 bits per heavy atom. The van der Waals surface area contributed by atoms with Crippen LogP contribution in [0.25, 0.3) is 0 Å². The van der Waals surface area contributed by atoms with Crippen LogP contribution in [0.2, 0.25) is 0 Å². The highest BCUT2D eigenvalue weighted by Crippen LogP contribution is 2.18. The first-order chi connectivity index (χ1) is 11.6. The highest BCUT2D eigenvalue weighted by atomic mass is 16.1. The Hall–Kier alpha value is -2.53. The van der Waals surface area contributed by atoms with Gasteiger partial charge in [-0.2, -0.15) is 0 Å². The molecule has 2 N–H and O–H groups in total. The third kappa shape index (κ3) is 3.86. The number of nitrogens with zero attached hydrogens (tertiary/aromatic N) is 2. The Morgan fingerprint density at radius 3 is 2.21 bits per heavy atom. The zero-order valence-corrected chi connectivity index (χ0v) is 14.2. The summed E-state index contributed by atoms with van der Waals surface area (Å²) in [6.45, 7) is 4.02. The Labute approximate surface area is 143 Å². The summed E-state index contributed by atoms with van der Waals surface area (Å²) in [6.07, 6.45) is 0. The van der Waals surface area contributed by atoms with Gasteiger partial charge in [-0.25, -0.2) is 0 Å². The lowest BCUT2D eigenvalue weighted by atomic mass is 10.1. The van der Waals surface area contributed by atoms with E-state index in [0.717, 1.165) is 37.6 Å². The molecule has 1 heterocycles. The molecule has 1 aliphatic rings. The maximum Gasteiger partial charge on any atom is 0.255 e. The van der Waals surface area contributed by atoms with E-state index in [-0.39, 0.29) is 5.91 Å². The van der Waals surface area contributed by atoms with Crippen molar-refractivity contribution in [1.29, 1.82) is 0 Å². The molecule has 3 rings (SSSR count). The minimum Gasteiger partial charge on any atom is -0.378 e. The predicted octanol–water partition coefficient (Wildman–Crippen LogP) is 2.41. The van der Waals surface area contributed by atoms with Crippen molar-refractivity contribution in [2.24, 2.45) is 0 Å². The highest BCUT2D eigenvalue weighted by Gasteiger charge is 2.11. The number of benzene rings is 2. The molecule has 0 bridgehead atoms. The van der Waals surface area contributed by atoms with E-state index in [0.29, 0.717) is 5.56 Å². The summed E-state index contributed by atoms with van der Waals surface area (Å²) >= 11 is 0. The summed E-state index contributed by atoms with van der Waals surface area (Å²) in [5.41, 5.74) is 3.75. The Balaban J connectivity index is 1.64. The van der Waals surface area contributed by atoms with Gasteiger partial charge in [0.1, 0.15) is 0 Å². The molecule has 1 aliphatic heterocycles. The van der Waals surface area contributed by atoms with Gasteiger partial charge in [0.2, 0.25) is 0 Å². The average Bonchev–Trinajstić information content (AvgIpc) is 2.63. The van der Waals surface area contributed by atoms with Crippen molar-refractivity contribution in [1.82, 2.24) is 5.32 Å². The van der Waals surface area contributed by atoms with E-state index >= 15 is 0 Å². The summed E-state index contributed by atoms with van der Waals surface area (Å²) < 4.78 is 0. The lowest BCUT2D eigenvalue weighted by Gasteiger charge is -2.29. The van der Waals surface area contributed by atoms with Gasteiger partial charge >= 0.3 is 0 Å². The van der Waals surface area contributed by atoms with E-state index < -0.39 is 0 Å². The molecule has 0 radical (unpaired) electrons. The van der Waals surface area contributed by atoms with E-state index in [4.69, 9.17) is 0 Å². The van der Waals surface area contributed by atoms with Gasteiger partial charge in [0.25, 0.3) is 5.91 Å². The van der Waals surface area contributed by atoms with Crippen molar-refractivity contribution in [3.05, 3.63) is 54.1 Å². The molecule has 0 aromatic heterocycles. The molecule has 0 unspecified atom stereocenters. The van der Waals surface area contributed by atoms with Crippen molar-refractivity contribution in [2.75, 3.05) is 55.4 Å². The molecule has 1 amide bonds. The summed E-state index contributed by atoms with van der Waals surface area (Å²) in [5, 5.41) is 6.29. The zero-order valence-electron chi connectivity index (χ0n) is 14.2. The van der Waals surface area contributed by atoms with Crippen LogP contribution in [0.5, 0.6) is 0 Å². The maximum absolute atomic E-state index is 12.4. The van der Waals surface area contributed by atoms with Crippen molar-refractivity contribution in [3.63, 3.8) is 0 Å². The van der Waals surface area contributed by atoms with Gasteiger partial charge in [-0.3, -0.25) is 4.79 Å². The number of carbonyl (C=O) groups is 1. The first kappa shape index (κ1) is 16.3. The van der Waals surface area contributed by atoms with Crippen LogP contribution in [0.1, 0.15) is 10.4 Å². The fourth-order valence-electron chi connectivity index (χ4n) is 2.79. The van der Waals surface area contributed by atoms with E-state index in [9.17, 15) is 4.79 Å². The lowest BCUT2D eigenvalue weighted by molar-refractivity contribution is 0.102. The number of nitrogens with one attached hydrogen (secondary N) is 2. The first-order valence-electron chi connectivity index (χ1n) is 8.28. The van der Waals surface area contributed by atoms with Gasteiger partial charge in [-0.15, -0.1) is 0 Å². The standard InChI is InChI=1S/C19H24N4O/c1-22(2)17-9-5-16(6-10-17)21-19(24)15-3-7-18(8-4-15)23-13-11-20-12-14-23/h3-10,20H,11-14H2,1-2H3,(H,21,24). The second-order valence-corrected chi connectivity index (χ2v) is 6.18. The number of hydrogen-bond donors (Lipinski definition) is 2. The second kappa shape index (κ2) is 7.36. The lowest BCUT2D eigenvalue weighted by Crippen LogP contribution is -2.43. The van der Waals surface area contributed by atoms with Crippen LogP contribution < -0.4 is 20.4 Å². The summed E-state index contributed by atoms with van der Waals surface area (Å²) in [5.74, 6) is -0.0838. The molecule has 0 aliphatic carbocycles. The Kier molecular flexibility index (Phi) is 5.01. The van der Waals surface area contributed by atoms with Crippen molar-refractivity contribution >= 4 is 23.0 Å². The number of rotatable bonds is 4. The zero-order chi connectivity index (χ0) is 16.9. The number of carbonyl (C=O) groups excluding carboxylic acids is 1. The maximum atomic E-state index is 12.4. The van der Waals surface area contributed by atoms with E-state index in [1.165, 1.54) is 5.69 Å². The number of hydrogen-bond acceptors (Lipinski definition) is 4. The number of piperazine rings is 1. The average molecular weight is 324 g/mol. The molecule has 0 atom stereocenters. The van der Waals surface area contributed by atoms with Gasteiger partial charge in [-0.05, 0) is 48.5 Å². The number of amides is 1. The van der Waals surface area contributed by atoms with E-state index in [1.54, 1.807) is 0 Å². The Morgan fingerprint density at radius 1 is 1.00 bits per heavy atom. The highest BCUT2D eigenvalue weighted by molar-refractivity contribution is 6.04. The summed E-state index contributed by atoms with van der Waals surface area (Å²) in [4.78, 5) is 16.7. The van der Waals surface area contributed by atoms with Gasteiger partial charge in [0, 0.05) is 62.9 Å². The molecule has 2 aromatic rings. The van der Waals surface area contributed by atoms with E-state index in [2.05, 4.69) is 15.5 Å². The molecule has 5 nitrogen and oxygen atoms in total. The minimum absolute atomic E-state index is 0.0838. The third-order valence-electron chi connectivity index (χ3n) is 4.25. The van der Waals surface area contributed by atoms with Crippen molar-refractivity contribution in [3.8, 4) is 0 Å². The van der Waals surface area contributed by atoms with Gasteiger partial charge < -0.3 is 20.4 Å². The van der Waals surface area contributed by atoms with Crippen LogP contribution in [0.3, 0.4) is 0 Å². The monoisotopic (exact) mass is 324 g/mol. The molecular weight excluding hydrogens is 300 g/mol. The third-order valence-corrected chi connectivity index (χ3v) is 4.25. The Bertz CT molecular complexity index is 674. The van der Waals surface area contributed by atoms with Gasteiger partial charge in [0.15, 0.2) is 0 Å². The quantitative estimate of drug-likeness (QED) is 0.907. The fourth-order valence-corrected chi connectivity index (χ4v) is 2.79. The second-order valence-electron chi connectivity index (χ2n) is 6.18. The fraction of sp³-hybridized carbons (Fsp3) is 0.316. The SMILES string of the molecule is CN(C)c1ccc(NC(=O)c2ccc(N3CCNCC3)cc2)cc1. The van der Waals surface area contributed by atoms with Crippen LogP contribution >= 0.6 is 0 Å². The molecule has 126 valence electrons. The molecular formula is C19H24N4O. The first-order valence-corrected chi connectivity index (χ1v) is 8.28. The minimum atomic E-state index is -0.0838. The summed E-state index contributed by atoms with van der Waals surface area (Å²) in [7, 11) is 3.99. The molecule has 0 saturated carbocycles. The normalized spacial score (nSPS) is 14.3. The molecule has 2 aromatic carbocycles. The van der Waals surface area contributed by atoms with Gasteiger partial charge in [0.05, 0.1) is 0 Å². The van der Waals surface area contributed by atoms with Crippen LogP contribution in [0.15, 0.2) is 48.5 Å². The summed E-state index contributed by atoms with van der Waals surface area (Å²) in [6, 6.07) is 15.6. The van der Waals surface area contributed by atoms with Crippen LogP contribution in [0.4, 0.5) is 17.1 Å². The molecule has 1 saturated heterocycles. The smallest absolute Gasteiger partial charge is 0.255 e. The van der Waals surface area contributed by atoms with Crippen LogP contribution in [-0.2, 0) is 0 Å². The largest absolute Gasteiger partial charge is 0.378 e. The van der Waals surface area contributed by atoms with Crippen molar-refractivity contribution in [2.45, 2.75) is 0 Å². The molecule has 24 heavy (non-hydrogen) atoms. The van der Waals surface area contributed by atoms with Crippen molar-refractivity contribution < 1.29 is 4.79 Å². The van der Waals surface area contributed by atoms with Crippen LogP contribution in [0, 0.1) is 0 Å².